The van der Waals surface area contributed by atoms with Crippen LogP contribution in [0.25, 0.3) is 0 Å². The summed E-state index contributed by atoms with van der Waals surface area (Å²) in [6.45, 7) is -1.92. The summed E-state index contributed by atoms with van der Waals surface area (Å²) in [6, 6.07) is 4.64. The van der Waals surface area contributed by atoms with E-state index in [1.807, 2.05) is 0 Å². The molecular formula is C12H12Cl2F4O2. The predicted molar refractivity (Wildman–Crippen MR) is 67.9 cm³/mol. The molecule has 0 aromatic heterocycles. The van der Waals surface area contributed by atoms with Crippen LogP contribution in [0.3, 0.4) is 0 Å². The number of aliphatic hydroxyl groups excluding tert-OH is 1. The molecule has 1 atom stereocenters. The number of rotatable bonds is 7. The minimum absolute atomic E-state index is 0.0805. The molecule has 0 bridgehead atoms. The molecule has 0 fully saturated rings. The predicted octanol–water partition coefficient (Wildman–Crippen LogP) is 3.81. The zero-order valence-electron chi connectivity index (χ0n) is 10.1. The van der Waals surface area contributed by atoms with E-state index in [2.05, 4.69) is 4.74 Å². The van der Waals surface area contributed by atoms with Crippen molar-refractivity contribution in [2.45, 2.75) is 24.9 Å². The van der Waals surface area contributed by atoms with Crippen molar-refractivity contribution < 1.29 is 27.4 Å². The van der Waals surface area contributed by atoms with Gasteiger partial charge >= 0.3 is 12.3 Å². The average molecular weight is 335 g/mol. The molecule has 0 amide bonds. The number of ether oxygens (including phenoxy) is 1. The molecule has 1 aromatic carbocycles. The Hall–Kier alpha value is -0.560. The van der Waals surface area contributed by atoms with E-state index in [0.29, 0.717) is 15.6 Å². The van der Waals surface area contributed by atoms with Crippen molar-refractivity contribution in [3.05, 3.63) is 33.8 Å². The van der Waals surface area contributed by atoms with Crippen molar-refractivity contribution in [2.24, 2.45) is 0 Å². The first-order valence-corrected chi connectivity index (χ1v) is 6.33. The molecular weight excluding hydrogens is 323 g/mol. The van der Waals surface area contributed by atoms with E-state index in [0.717, 1.165) is 0 Å². The smallest absolute Gasteiger partial charge is 0.330 e. The molecule has 8 heteroatoms. The van der Waals surface area contributed by atoms with Crippen molar-refractivity contribution in [1.82, 2.24) is 0 Å². The van der Waals surface area contributed by atoms with Crippen LogP contribution in [-0.4, -0.2) is 36.8 Å². The maximum atomic E-state index is 12.5. The maximum Gasteiger partial charge on any atom is 0.330 e. The van der Waals surface area contributed by atoms with Gasteiger partial charge in [-0.3, -0.25) is 0 Å². The van der Waals surface area contributed by atoms with Crippen LogP contribution < -0.4 is 0 Å². The van der Waals surface area contributed by atoms with E-state index in [1.165, 1.54) is 12.1 Å². The molecule has 0 radical (unpaired) electrons. The number of aliphatic hydroxyl groups is 1. The monoisotopic (exact) mass is 334 g/mol. The summed E-state index contributed by atoms with van der Waals surface area (Å²) in [5.41, 5.74) is 0.621. The molecule has 0 aliphatic carbocycles. The van der Waals surface area contributed by atoms with E-state index in [9.17, 15) is 22.7 Å². The summed E-state index contributed by atoms with van der Waals surface area (Å²) >= 11 is 11.5. The molecule has 0 aliphatic rings. The van der Waals surface area contributed by atoms with E-state index in [-0.39, 0.29) is 6.42 Å². The third-order valence-corrected chi connectivity index (χ3v) is 3.12. The van der Waals surface area contributed by atoms with Crippen LogP contribution in [0.2, 0.25) is 10.0 Å². The fourth-order valence-corrected chi connectivity index (χ4v) is 1.71. The first-order valence-electron chi connectivity index (χ1n) is 5.58. The number of alkyl halides is 4. The Morgan fingerprint density at radius 2 is 1.85 bits per heavy atom. The van der Waals surface area contributed by atoms with E-state index < -0.39 is 31.7 Å². The average Bonchev–Trinajstić information content (AvgIpc) is 2.33. The highest BCUT2D eigenvalue weighted by Crippen LogP contribution is 2.24. The minimum atomic E-state index is -4.22. The Balaban J connectivity index is 2.40. The number of halogens is 6. The Morgan fingerprint density at radius 3 is 2.40 bits per heavy atom. The summed E-state index contributed by atoms with van der Waals surface area (Å²) < 4.78 is 53.2. The van der Waals surface area contributed by atoms with Crippen molar-refractivity contribution in [3.63, 3.8) is 0 Å². The lowest BCUT2D eigenvalue weighted by atomic mass is 10.1. The summed E-state index contributed by atoms with van der Waals surface area (Å²) in [5.74, 6) is -4.22. The van der Waals surface area contributed by atoms with E-state index in [4.69, 9.17) is 23.2 Å². The topological polar surface area (TPSA) is 29.5 Å². The van der Waals surface area contributed by atoms with Gasteiger partial charge in [-0.25, -0.2) is 8.78 Å². The summed E-state index contributed by atoms with van der Waals surface area (Å²) in [7, 11) is 0. The number of benzene rings is 1. The Labute approximate surface area is 123 Å². The van der Waals surface area contributed by atoms with Crippen LogP contribution in [0.15, 0.2) is 18.2 Å². The highest BCUT2D eigenvalue weighted by molar-refractivity contribution is 6.42. The second-order valence-electron chi connectivity index (χ2n) is 4.18. The van der Waals surface area contributed by atoms with Gasteiger partial charge in [-0.2, -0.15) is 8.78 Å². The quantitative estimate of drug-likeness (QED) is 0.768. The molecule has 1 rings (SSSR count). The lowest BCUT2D eigenvalue weighted by molar-refractivity contribution is -0.170. The molecule has 114 valence electrons. The van der Waals surface area contributed by atoms with Gasteiger partial charge in [0.1, 0.15) is 6.61 Å². The minimum Gasteiger partial charge on any atom is -0.390 e. The lowest BCUT2D eigenvalue weighted by Gasteiger charge is -2.17. The van der Waals surface area contributed by atoms with Gasteiger partial charge in [-0.05, 0) is 17.7 Å². The molecule has 1 N–H and O–H groups in total. The van der Waals surface area contributed by atoms with Gasteiger partial charge in [0, 0.05) is 6.42 Å². The Bertz CT molecular complexity index is 443. The summed E-state index contributed by atoms with van der Waals surface area (Å²) in [5, 5.41) is 10.2. The second-order valence-corrected chi connectivity index (χ2v) is 5.00. The van der Waals surface area contributed by atoms with Crippen LogP contribution in [0.5, 0.6) is 0 Å². The van der Waals surface area contributed by atoms with E-state index >= 15 is 0 Å². The van der Waals surface area contributed by atoms with Crippen molar-refractivity contribution in [1.29, 1.82) is 0 Å². The van der Waals surface area contributed by atoms with Gasteiger partial charge in [0.25, 0.3) is 0 Å². The zero-order chi connectivity index (χ0) is 15.3. The SMILES string of the molecule is OC(COCC(F)(F)C(F)F)Cc1ccc(Cl)c(Cl)c1. The van der Waals surface area contributed by atoms with Gasteiger partial charge in [0.05, 0.1) is 22.8 Å². The van der Waals surface area contributed by atoms with Crippen LogP contribution >= 0.6 is 23.2 Å². The molecule has 0 aliphatic heterocycles. The van der Waals surface area contributed by atoms with Crippen LogP contribution in [0, 0.1) is 0 Å². The Morgan fingerprint density at radius 1 is 1.20 bits per heavy atom. The fraction of sp³-hybridized carbons (Fsp3) is 0.500. The standard InChI is InChI=1S/C12H12Cl2F4O2/c13-9-2-1-7(4-10(9)14)3-8(19)5-20-6-12(17,18)11(15)16/h1-2,4,8,11,19H,3,5-6H2. The van der Waals surface area contributed by atoms with Gasteiger partial charge in [0.2, 0.25) is 0 Å². The first-order chi connectivity index (χ1) is 9.22. The van der Waals surface area contributed by atoms with Crippen LogP contribution in [0.4, 0.5) is 17.6 Å². The molecule has 2 nitrogen and oxygen atoms in total. The highest BCUT2D eigenvalue weighted by atomic mass is 35.5. The van der Waals surface area contributed by atoms with Crippen LogP contribution in [-0.2, 0) is 11.2 Å². The Kier molecular flexibility index (Phi) is 6.51. The molecule has 0 saturated carbocycles. The van der Waals surface area contributed by atoms with Gasteiger partial charge in [-0.1, -0.05) is 29.3 Å². The number of hydrogen-bond acceptors (Lipinski definition) is 2. The van der Waals surface area contributed by atoms with Gasteiger partial charge in [0.15, 0.2) is 0 Å². The highest BCUT2D eigenvalue weighted by Gasteiger charge is 2.41. The molecule has 0 heterocycles. The van der Waals surface area contributed by atoms with Gasteiger partial charge in [-0.15, -0.1) is 0 Å². The normalized spacial score (nSPS) is 13.8. The lowest BCUT2D eigenvalue weighted by Crippen LogP contribution is -2.34. The van der Waals surface area contributed by atoms with Gasteiger partial charge < -0.3 is 9.84 Å². The third kappa shape index (κ3) is 5.44. The molecule has 1 unspecified atom stereocenters. The molecule has 1 aromatic rings. The van der Waals surface area contributed by atoms with Crippen LogP contribution in [0.1, 0.15) is 5.56 Å². The second kappa shape index (κ2) is 7.45. The summed E-state index contributed by atoms with van der Waals surface area (Å²) in [6.07, 6.45) is -4.83. The largest absolute Gasteiger partial charge is 0.390 e. The van der Waals surface area contributed by atoms with Crippen molar-refractivity contribution >= 4 is 23.2 Å². The van der Waals surface area contributed by atoms with E-state index in [1.54, 1.807) is 6.07 Å². The molecule has 0 saturated heterocycles. The number of hydrogen-bond donors (Lipinski definition) is 1. The zero-order valence-corrected chi connectivity index (χ0v) is 11.6. The summed E-state index contributed by atoms with van der Waals surface area (Å²) in [4.78, 5) is 0. The molecule has 20 heavy (non-hydrogen) atoms. The maximum absolute atomic E-state index is 12.5. The third-order valence-electron chi connectivity index (χ3n) is 2.38. The fourth-order valence-electron chi connectivity index (χ4n) is 1.39. The molecule has 0 spiro atoms. The van der Waals surface area contributed by atoms with Crippen molar-refractivity contribution in [3.8, 4) is 0 Å². The van der Waals surface area contributed by atoms with Crippen molar-refractivity contribution in [2.75, 3.05) is 13.2 Å². The first kappa shape index (κ1) is 17.5.